The highest BCUT2D eigenvalue weighted by atomic mass is 35.5. The molecular weight excluding hydrogens is 572 g/mol. The molecule has 14 heteroatoms. The maximum atomic E-state index is 10.4. The van der Waals surface area contributed by atoms with Crippen molar-refractivity contribution in [2.75, 3.05) is 20.5 Å². The smallest absolute Gasteiger partial charge is 0.231 e. The molecule has 4 N–H and O–H groups in total. The van der Waals surface area contributed by atoms with Gasteiger partial charge < -0.3 is 56.5 Å². The largest absolute Gasteiger partial charge is 1.00 e. The number of fused-ring (bicyclic) bond motifs is 5. The van der Waals surface area contributed by atoms with Gasteiger partial charge in [-0.15, -0.1) is 5.10 Å². The van der Waals surface area contributed by atoms with E-state index < -0.39 is 37.3 Å². The van der Waals surface area contributed by atoms with E-state index in [0.717, 1.165) is 46.5 Å². The molecule has 5 heterocycles. The van der Waals surface area contributed by atoms with Gasteiger partial charge in [0.05, 0.1) is 30.9 Å². The second kappa shape index (κ2) is 11.2. The van der Waals surface area contributed by atoms with Crippen molar-refractivity contribution in [3.05, 3.63) is 54.0 Å². The average molecular weight is 601 g/mol. The lowest BCUT2D eigenvalue weighted by Crippen LogP contribution is -3.00. The number of methoxy groups -OCH3 is 1. The third-order valence-electron chi connectivity index (χ3n) is 7.85. The third-order valence-corrected chi connectivity index (χ3v) is 7.85. The van der Waals surface area contributed by atoms with Gasteiger partial charge in [0.25, 0.3) is 0 Å². The van der Waals surface area contributed by atoms with E-state index in [2.05, 4.69) is 33.2 Å². The van der Waals surface area contributed by atoms with Gasteiger partial charge in [0.15, 0.2) is 42.0 Å². The van der Waals surface area contributed by atoms with Crippen molar-refractivity contribution in [3.8, 4) is 34.3 Å². The van der Waals surface area contributed by atoms with Crippen molar-refractivity contribution >= 4 is 10.8 Å². The quantitative estimate of drug-likeness (QED) is 0.170. The van der Waals surface area contributed by atoms with Crippen LogP contribution in [0.2, 0.25) is 0 Å². The summed E-state index contributed by atoms with van der Waals surface area (Å²) in [7, 11) is 1.58. The fraction of sp³-hybridized carbons (Fsp3) is 0.393. The van der Waals surface area contributed by atoms with Gasteiger partial charge in [-0.05, 0) is 35.2 Å². The predicted molar refractivity (Wildman–Crippen MR) is 139 cm³/mol. The number of hydrogen-bond donors (Lipinski definition) is 4. The Labute approximate surface area is 245 Å². The van der Waals surface area contributed by atoms with Crippen molar-refractivity contribution in [2.24, 2.45) is 0 Å². The van der Waals surface area contributed by atoms with Crippen LogP contribution in [-0.2, 0) is 24.3 Å². The minimum atomic E-state index is -1.52. The molecule has 0 amide bonds. The lowest BCUT2D eigenvalue weighted by atomic mass is 9.95. The van der Waals surface area contributed by atoms with Crippen LogP contribution in [0, 0.1) is 0 Å². The molecule has 0 spiro atoms. The molecule has 13 nitrogen and oxygen atoms in total. The van der Waals surface area contributed by atoms with Crippen LogP contribution in [-0.4, -0.2) is 80.3 Å². The molecule has 2 aromatic carbocycles. The van der Waals surface area contributed by atoms with Crippen molar-refractivity contribution in [1.29, 1.82) is 0 Å². The van der Waals surface area contributed by atoms with Crippen LogP contribution in [0.3, 0.4) is 0 Å². The fourth-order valence-corrected chi connectivity index (χ4v) is 5.66. The Bertz CT molecular complexity index is 1630. The molecule has 1 saturated heterocycles. The normalized spacial score (nSPS) is 24.1. The van der Waals surface area contributed by atoms with E-state index in [9.17, 15) is 20.4 Å². The van der Waals surface area contributed by atoms with Gasteiger partial charge in [-0.25, -0.2) is 4.68 Å². The highest BCUT2D eigenvalue weighted by Gasteiger charge is 2.44. The summed E-state index contributed by atoms with van der Waals surface area (Å²) in [6.07, 6.45) is -2.25. The van der Waals surface area contributed by atoms with E-state index in [1.807, 2.05) is 18.2 Å². The zero-order valence-corrected chi connectivity index (χ0v) is 23.2. The molecule has 4 aromatic rings. The van der Waals surface area contributed by atoms with E-state index >= 15 is 0 Å². The third kappa shape index (κ3) is 4.68. The molecule has 0 radical (unpaired) electrons. The number of aliphatic hydroxyl groups excluding tert-OH is 4. The lowest BCUT2D eigenvalue weighted by Gasteiger charge is -2.39. The van der Waals surface area contributed by atoms with Crippen molar-refractivity contribution in [2.45, 2.75) is 50.2 Å². The van der Waals surface area contributed by atoms with Gasteiger partial charge in [-0.2, -0.15) is 4.57 Å². The van der Waals surface area contributed by atoms with Gasteiger partial charge in [-0.1, -0.05) is 5.21 Å². The molecule has 3 aliphatic rings. The van der Waals surface area contributed by atoms with Crippen LogP contribution in [0.15, 0.2) is 42.7 Å². The van der Waals surface area contributed by atoms with Crippen LogP contribution >= 0.6 is 0 Å². The topological polar surface area (TPSA) is 162 Å². The van der Waals surface area contributed by atoms with Crippen molar-refractivity contribution in [3.63, 3.8) is 0 Å². The number of aromatic nitrogens is 4. The number of benzene rings is 2. The number of aryl methyl sites for hydroxylation is 2. The summed E-state index contributed by atoms with van der Waals surface area (Å²) < 4.78 is 32.0. The summed E-state index contributed by atoms with van der Waals surface area (Å²) in [4.78, 5) is 0. The monoisotopic (exact) mass is 600 g/mol. The van der Waals surface area contributed by atoms with E-state index in [-0.39, 0.29) is 25.8 Å². The van der Waals surface area contributed by atoms with E-state index in [1.165, 1.54) is 16.4 Å². The minimum Gasteiger partial charge on any atom is -1.00 e. The zero-order chi connectivity index (χ0) is 28.2. The summed E-state index contributed by atoms with van der Waals surface area (Å²) in [5.74, 6) is 2.62. The van der Waals surface area contributed by atoms with Crippen LogP contribution in [0.25, 0.3) is 22.0 Å². The Morgan fingerprint density at radius 1 is 1.07 bits per heavy atom. The first kappa shape index (κ1) is 28.4. The van der Waals surface area contributed by atoms with Crippen LogP contribution in [0.5, 0.6) is 23.0 Å². The Balaban J connectivity index is 0.00000316. The SMILES string of the molecule is COc1ccc2cc3[n+](cc2c1OCc1cn([C@H]2O[C@H](CO)[C@@H](O)[C@H](O)[C@@H]2O)nn1)CCc1cc2c(cc1-3)OCO2.[Cl-]. The molecule has 5 atom stereocenters. The Morgan fingerprint density at radius 3 is 2.67 bits per heavy atom. The number of halogens is 1. The van der Waals surface area contributed by atoms with Gasteiger partial charge in [0, 0.05) is 12.5 Å². The molecule has 222 valence electrons. The Kier molecular flexibility index (Phi) is 7.55. The summed E-state index contributed by atoms with van der Waals surface area (Å²) in [5.41, 5.74) is 3.80. The van der Waals surface area contributed by atoms with Gasteiger partial charge >= 0.3 is 0 Å². The Morgan fingerprint density at radius 2 is 1.88 bits per heavy atom. The van der Waals surface area contributed by atoms with E-state index in [4.69, 9.17) is 23.7 Å². The predicted octanol–water partition coefficient (Wildman–Crippen LogP) is -2.77. The first-order valence-electron chi connectivity index (χ1n) is 13.3. The first-order chi connectivity index (χ1) is 19.9. The minimum absolute atomic E-state index is 0. The van der Waals surface area contributed by atoms with Gasteiger partial charge in [0.1, 0.15) is 36.7 Å². The molecule has 2 aromatic heterocycles. The summed E-state index contributed by atoms with van der Waals surface area (Å²) in [5, 5.41) is 50.0. The lowest BCUT2D eigenvalue weighted by molar-refractivity contribution is -0.686. The second-order valence-corrected chi connectivity index (χ2v) is 10.3. The summed E-state index contributed by atoms with van der Waals surface area (Å²) in [6.45, 7) is 0.500. The highest BCUT2D eigenvalue weighted by Crippen LogP contribution is 2.42. The fourth-order valence-electron chi connectivity index (χ4n) is 5.66. The molecular formula is C28H29ClN4O9. The second-order valence-electron chi connectivity index (χ2n) is 10.3. The molecule has 1 fully saturated rings. The summed E-state index contributed by atoms with van der Waals surface area (Å²) >= 11 is 0. The molecule has 0 unspecified atom stereocenters. The number of rotatable bonds is 6. The molecule has 0 bridgehead atoms. The number of pyridine rings is 1. The number of hydrogen-bond acceptors (Lipinski definition) is 11. The molecule has 0 aliphatic carbocycles. The van der Waals surface area contributed by atoms with Gasteiger partial charge in [-0.3, -0.25) is 0 Å². The first-order valence-corrected chi connectivity index (χ1v) is 13.3. The van der Waals surface area contributed by atoms with E-state index in [0.29, 0.717) is 17.2 Å². The van der Waals surface area contributed by atoms with E-state index in [1.54, 1.807) is 7.11 Å². The van der Waals surface area contributed by atoms with Crippen molar-refractivity contribution < 1.29 is 61.1 Å². The maximum absolute atomic E-state index is 10.4. The van der Waals surface area contributed by atoms with Gasteiger partial charge in [0.2, 0.25) is 12.5 Å². The van der Waals surface area contributed by atoms with Crippen LogP contribution in [0.1, 0.15) is 17.5 Å². The molecule has 42 heavy (non-hydrogen) atoms. The Hall–Kier alpha value is -3.72. The number of ether oxygens (including phenoxy) is 5. The average Bonchev–Trinajstić information content (AvgIpc) is 3.66. The summed E-state index contributed by atoms with van der Waals surface area (Å²) in [6, 6.07) is 10.1. The number of aliphatic hydroxyl groups is 4. The molecule has 3 aliphatic heterocycles. The highest BCUT2D eigenvalue weighted by molar-refractivity contribution is 5.91. The molecule has 7 rings (SSSR count). The number of nitrogens with zero attached hydrogens (tertiary/aromatic N) is 4. The maximum Gasteiger partial charge on any atom is 0.231 e. The van der Waals surface area contributed by atoms with Crippen LogP contribution in [0.4, 0.5) is 0 Å². The zero-order valence-electron chi connectivity index (χ0n) is 22.5. The standard InChI is InChI=1S/C28H29N4O9.ClH/c1-37-20-3-2-14-6-19-17-8-22-21(39-13-40-22)7-15(17)4-5-31(19)10-18(14)27(20)38-12-16-9-32(30-29-16)28-26(36)25(35)24(34)23(11-33)41-28;/h2-3,6-10,23-26,28,33-36H,4-5,11-13H2,1H3;1H/q+1;/p-1/t23-,24-,25+,26+,28+;/m1./s1. The van der Waals surface area contributed by atoms with Crippen LogP contribution < -0.4 is 35.9 Å². The van der Waals surface area contributed by atoms with Crippen molar-refractivity contribution in [1.82, 2.24) is 15.0 Å². The molecule has 0 saturated carbocycles.